The number of H-pyrrole nitrogens is 1. The lowest BCUT2D eigenvalue weighted by molar-refractivity contribution is -0.137. The van der Waals surface area contributed by atoms with Crippen molar-refractivity contribution >= 4 is 27.9 Å². The second kappa shape index (κ2) is 4.52. The van der Waals surface area contributed by atoms with Crippen molar-refractivity contribution in [2.45, 2.75) is 6.18 Å². The van der Waals surface area contributed by atoms with E-state index in [1.54, 1.807) is 10.8 Å². The van der Waals surface area contributed by atoms with Crippen molar-refractivity contribution in [2.75, 3.05) is 5.73 Å². The molecule has 0 aliphatic heterocycles. The molecule has 0 radical (unpaired) electrons. The number of aromatic nitrogens is 3. The minimum absolute atomic E-state index is 0.143. The van der Waals surface area contributed by atoms with E-state index in [0.29, 0.717) is 5.52 Å². The summed E-state index contributed by atoms with van der Waals surface area (Å²) in [6.07, 6.45) is -2.65. The Bertz CT molecular complexity index is 1030. The van der Waals surface area contributed by atoms with Crippen LogP contribution in [0, 0.1) is 0 Å². The van der Waals surface area contributed by atoms with E-state index in [1.807, 2.05) is 24.3 Å². The summed E-state index contributed by atoms with van der Waals surface area (Å²) in [7, 11) is 0. The fourth-order valence-corrected chi connectivity index (χ4v) is 2.77. The summed E-state index contributed by atoms with van der Waals surface area (Å²) in [6, 6.07) is 11.0. The van der Waals surface area contributed by atoms with Gasteiger partial charge in [0.25, 0.3) is 0 Å². The zero-order valence-electron chi connectivity index (χ0n) is 11.7. The molecule has 3 N–H and O–H groups in total. The molecule has 4 rings (SSSR count). The van der Waals surface area contributed by atoms with Gasteiger partial charge >= 0.3 is 6.18 Å². The molecule has 0 saturated carbocycles. The SMILES string of the molecule is Nc1nc2cc(C(F)(F)F)ccc2n1-c1c[nH]c2ccccc12. The number of nitrogens with two attached hydrogens (primary N) is 1. The number of alkyl halides is 3. The fraction of sp³-hybridized carbons (Fsp3) is 0.0625. The first-order valence-electron chi connectivity index (χ1n) is 6.87. The molecule has 7 heteroatoms. The monoisotopic (exact) mass is 316 g/mol. The van der Waals surface area contributed by atoms with Crippen LogP contribution in [0.15, 0.2) is 48.7 Å². The summed E-state index contributed by atoms with van der Waals surface area (Å²) >= 11 is 0. The third-order valence-electron chi connectivity index (χ3n) is 3.82. The molecular formula is C16H11F3N4. The lowest BCUT2D eigenvalue weighted by Crippen LogP contribution is -2.04. The van der Waals surface area contributed by atoms with Gasteiger partial charge in [0, 0.05) is 17.1 Å². The van der Waals surface area contributed by atoms with Gasteiger partial charge in [0.1, 0.15) is 0 Å². The first kappa shape index (κ1) is 13.7. The highest BCUT2D eigenvalue weighted by Gasteiger charge is 2.31. The van der Waals surface area contributed by atoms with Crippen LogP contribution in [-0.2, 0) is 6.18 Å². The first-order chi connectivity index (χ1) is 10.9. The molecule has 0 aliphatic carbocycles. The summed E-state index contributed by atoms with van der Waals surface area (Å²) in [5.41, 5.74) is 7.61. The van der Waals surface area contributed by atoms with Gasteiger partial charge in [-0.3, -0.25) is 4.57 Å². The molecule has 116 valence electrons. The van der Waals surface area contributed by atoms with Crippen molar-refractivity contribution in [3.8, 4) is 5.69 Å². The molecule has 0 fully saturated rings. The second-order valence-electron chi connectivity index (χ2n) is 5.23. The van der Waals surface area contributed by atoms with Crippen LogP contribution in [-0.4, -0.2) is 14.5 Å². The number of hydrogen-bond acceptors (Lipinski definition) is 2. The predicted molar refractivity (Wildman–Crippen MR) is 82.3 cm³/mol. The summed E-state index contributed by atoms with van der Waals surface area (Å²) in [5.74, 6) is 0.143. The number of nitrogen functional groups attached to an aromatic ring is 1. The molecule has 0 bridgehead atoms. The molecule has 2 aromatic carbocycles. The second-order valence-corrected chi connectivity index (χ2v) is 5.23. The number of benzene rings is 2. The number of aromatic amines is 1. The highest BCUT2D eigenvalue weighted by molar-refractivity contribution is 5.92. The van der Waals surface area contributed by atoms with Gasteiger partial charge in [0.05, 0.1) is 22.3 Å². The lowest BCUT2D eigenvalue weighted by Gasteiger charge is -2.07. The standard InChI is InChI=1S/C16H11F3N4/c17-16(18,19)9-5-6-13-12(7-9)22-15(20)23(13)14-8-21-11-4-2-1-3-10(11)14/h1-8,21H,(H2,20,22). The van der Waals surface area contributed by atoms with Gasteiger partial charge in [-0.1, -0.05) is 18.2 Å². The average molecular weight is 316 g/mol. The number of nitrogens with zero attached hydrogens (tertiary/aromatic N) is 2. The van der Waals surface area contributed by atoms with E-state index >= 15 is 0 Å². The number of fused-ring (bicyclic) bond motifs is 2. The van der Waals surface area contributed by atoms with Crippen LogP contribution in [0.5, 0.6) is 0 Å². The van der Waals surface area contributed by atoms with E-state index in [9.17, 15) is 13.2 Å². The minimum Gasteiger partial charge on any atom is -0.369 e. The van der Waals surface area contributed by atoms with Crippen molar-refractivity contribution in [2.24, 2.45) is 0 Å². The Balaban J connectivity index is 1.99. The molecule has 0 atom stereocenters. The van der Waals surface area contributed by atoms with E-state index in [1.165, 1.54) is 6.07 Å². The fourth-order valence-electron chi connectivity index (χ4n) is 2.77. The van der Waals surface area contributed by atoms with Crippen LogP contribution in [0.25, 0.3) is 27.6 Å². The van der Waals surface area contributed by atoms with Crippen LogP contribution in [0.1, 0.15) is 5.56 Å². The third-order valence-corrected chi connectivity index (χ3v) is 3.82. The molecule has 0 saturated heterocycles. The number of hydrogen-bond donors (Lipinski definition) is 2. The smallest absolute Gasteiger partial charge is 0.369 e. The quantitative estimate of drug-likeness (QED) is 0.555. The Morgan fingerprint density at radius 1 is 1.09 bits per heavy atom. The average Bonchev–Trinajstić information content (AvgIpc) is 3.05. The number of imidazole rings is 1. The molecule has 0 amide bonds. The molecule has 2 aromatic heterocycles. The van der Waals surface area contributed by atoms with Crippen LogP contribution >= 0.6 is 0 Å². The minimum atomic E-state index is -4.41. The van der Waals surface area contributed by atoms with E-state index in [0.717, 1.165) is 28.7 Å². The maximum absolute atomic E-state index is 12.8. The Hall–Kier alpha value is -2.96. The molecule has 0 unspecified atom stereocenters. The van der Waals surface area contributed by atoms with Crippen LogP contribution in [0.3, 0.4) is 0 Å². The summed E-state index contributed by atoms with van der Waals surface area (Å²) in [4.78, 5) is 7.20. The third kappa shape index (κ3) is 2.04. The number of para-hydroxylation sites is 1. The molecule has 4 nitrogen and oxygen atoms in total. The normalized spacial score (nSPS) is 12.3. The number of nitrogens with one attached hydrogen (secondary N) is 1. The maximum Gasteiger partial charge on any atom is 0.416 e. The van der Waals surface area contributed by atoms with E-state index < -0.39 is 11.7 Å². The zero-order chi connectivity index (χ0) is 16.2. The van der Waals surface area contributed by atoms with Crippen LogP contribution in [0.2, 0.25) is 0 Å². The predicted octanol–water partition coefficient (Wildman–Crippen LogP) is 4.11. The Labute approximate surface area is 128 Å². The highest BCUT2D eigenvalue weighted by Crippen LogP contribution is 2.34. The summed E-state index contributed by atoms with van der Waals surface area (Å²) in [5, 5.41) is 0.915. The molecule has 4 aromatic rings. The number of rotatable bonds is 1. The lowest BCUT2D eigenvalue weighted by atomic mass is 10.2. The van der Waals surface area contributed by atoms with Gasteiger partial charge < -0.3 is 10.7 Å². The largest absolute Gasteiger partial charge is 0.416 e. The Morgan fingerprint density at radius 3 is 2.65 bits per heavy atom. The topological polar surface area (TPSA) is 59.6 Å². The van der Waals surface area contributed by atoms with E-state index in [-0.39, 0.29) is 11.5 Å². The van der Waals surface area contributed by atoms with Gasteiger partial charge in [0.2, 0.25) is 5.95 Å². The Morgan fingerprint density at radius 2 is 1.87 bits per heavy atom. The van der Waals surface area contributed by atoms with Gasteiger partial charge in [-0.2, -0.15) is 13.2 Å². The molecule has 2 heterocycles. The first-order valence-corrected chi connectivity index (χ1v) is 6.87. The van der Waals surface area contributed by atoms with Crippen molar-refractivity contribution in [1.29, 1.82) is 0 Å². The van der Waals surface area contributed by atoms with Gasteiger partial charge in [-0.15, -0.1) is 0 Å². The van der Waals surface area contributed by atoms with Crippen LogP contribution < -0.4 is 5.73 Å². The van der Waals surface area contributed by atoms with Gasteiger partial charge in [-0.05, 0) is 24.3 Å². The maximum atomic E-state index is 12.8. The summed E-state index contributed by atoms with van der Waals surface area (Å²) in [6.45, 7) is 0. The number of anilines is 1. The van der Waals surface area contributed by atoms with Crippen LogP contribution in [0.4, 0.5) is 19.1 Å². The summed E-state index contributed by atoms with van der Waals surface area (Å²) < 4.78 is 40.1. The van der Waals surface area contributed by atoms with Crippen molar-refractivity contribution in [3.63, 3.8) is 0 Å². The van der Waals surface area contributed by atoms with Crippen molar-refractivity contribution < 1.29 is 13.2 Å². The van der Waals surface area contributed by atoms with E-state index in [2.05, 4.69) is 9.97 Å². The van der Waals surface area contributed by atoms with Crippen molar-refractivity contribution in [3.05, 3.63) is 54.2 Å². The molecule has 0 spiro atoms. The molecule has 0 aliphatic rings. The highest BCUT2D eigenvalue weighted by atomic mass is 19.4. The Kier molecular flexibility index (Phi) is 2.69. The molecular weight excluding hydrogens is 305 g/mol. The van der Waals surface area contributed by atoms with Crippen molar-refractivity contribution in [1.82, 2.24) is 14.5 Å². The van der Waals surface area contributed by atoms with Gasteiger partial charge in [-0.25, -0.2) is 4.98 Å². The zero-order valence-corrected chi connectivity index (χ0v) is 11.7. The number of halogens is 3. The van der Waals surface area contributed by atoms with Gasteiger partial charge in [0.15, 0.2) is 0 Å². The van der Waals surface area contributed by atoms with E-state index in [4.69, 9.17) is 5.73 Å². The molecule has 23 heavy (non-hydrogen) atoms.